The molecular formula is C22H25N3O4. The molecular weight excluding hydrogens is 370 g/mol. The lowest BCUT2D eigenvalue weighted by Crippen LogP contribution is -2.61. The number of amides is 5. The number of hydrogen-bond donors (Lipinski definition) is 1. The van der Waals surface area contributed by atoms with Gasteiger partial charge >= 0.3 is 17.8 Å². The third kappa shape index (κ3) is 3.22. The molecule has 0 unspecified atom stereocenters. The molecule has 5 aliphatic rings. The molecule has 1 N–H and O–H groups in total. The highest BCUT2D eigenvalue weighted by molar-refractivity contribution is 6.44. The van der Waals surface area contributed by atoms with Crippen molar-refractivity contribution >= 4 is 23.8 Å². The lowest BCUT2D eigenvalue weighted by Gasteiger charge is -2.56. The van der Waals surface area contributed by atoms with Gasteiger partial charge in [0, 0.05) is 5.54 Å². The van der Waals surface area contributed by atoms with Crippen molar-refractivity contribution in [2.75, 3.05) is 6.54 Å². The van der Waals surface area contributed by atoms with Gasteiger partial charge in [0.25, 0.3) is 0 Å². The van der Waals surface area contributed by atoms with Crippen molar-refractivity contribution in [3.63, 3.8) is 0 Å². The van der Waals surface area contributed by atoms with Gasteiger partial charge in [-0.1, -0.05) is 30.3 Å². The second-order valence-corrected chi connectivity index (χ2v) is 9.30. The highest BCUT2D eigenvalue weighted by Gasteiger charge is 2.52. The number of urea groups is 1. The standard InChI is InChI=1S/C22H25N3O4/c26-18(23-22-9-15-6-16(10-22)8-17(7-15)11-22)13-25-20(28)19(27)24(21(25)29)12-14-4-2-1-3-5-14/h1-5,15-17H,6-13H2,(H,23,26). The molecule has 6 rings (SSSR count). The van der Waals surface area contributed by atoms with Crippen LogP contribution < -0.4 is 5.32 Å². The van der Waals surface area contributed by atoms with Crippen molar-refractivity contribution in [1.29, 1.82) is 0 Å². The molecule has 1 saturated heterocycles. The lowest BCUT2D eigenvalue weighted by molar-refractivity contribution is -0.144. The van der Waals surface area contributed by atoms with Crippen LogP contribution in [0.4, 0.5) is 4.79 Å². The van der Waals surface area contributed by atoms with Crippen molar-refractivity contribution in [2.45, 2.75) is 50.6 Å². The van der Waals surface area contributed by atoms with Gasteiger partial charge in [-0.25, -0.2) is 9.69 Å². The molecule has 5 fully saturated rings. The van der Waals surface area contributed by atoms with E-state index in [1.54, 1.807) is 24.3 Å². The second-order valence-electron chi connectivity index (χ2n) is 9.30. The first-order chi connectivity index (χ1) is 13.9. The summed E-state index contributed by atoms with van der Waals surface area (Å²) in [4.78, 5) is 51.8. The maximum absolute atomic E-state index is 12.8. The van der Waals surface area contributed by atoms with Crippen LogP contribution in [0.3, 0.4) is 0 Å². The largest absolute Gasteiger partial charge is 0.349 e. The number of rotatable bonds is 5. The van der Waals surface area contributed by atoms with Crippen molar-refractivity contribution in [3.05, 3.63) is 35.9 Å². The summed E-state index contributed by atoms with van der Waals surface area (Å²) >= 11 is 0. The fourth-order valence-corrected chi connectivity index (χ4v) is 6.34. The first-order valence-electron chi connectivity index (χ1n) is 10.4. The number of carbonyl (C=O) groups excluding carboxylic acids is 4. The third-order valence-electron chi connectivity index (χ3n) is 7.06. The molecule has 5 amide bonds. The summed E-state index contributed by atoms with van der Waals surface area (Å²) in [5.41, 5.74) is 0.563. The Kier molecular flexibility index (Phi) is 4.22. The van der Waals surface area contributed by atoms with Gasteiger partial charge in [-0.15, -0.1) is 0 Å². The topological polar surface area (TPSA) is 86.8 Å². The zero-order chi connectivity index (χ0) is 20.2. The SMILES string of the molecule is O=C(CN1C(=O)C(=O)N(Cc2ccccc2)C1=O)NC12CC3CC(CC(C3)C1)C2. The summed E-state index contributed by atoms with van der Waals surface area (Å²) in [6.07, 6.45) is 6.77. The van der Waals surface area contributed by atoms with E-state index in [1.807, 2.05) is 6.07 Å². The minimum absolute atomic E-state index is 0.0251. The predicted octanol–water partition coefficient (Wildman–Crippen LogP) is 2.06. The maximum atomic E-state index is 12.8. The number of carbonyl (C=O) groups is 4. The molecule has 1 heterocycles. The van der Waals surface area contributed by atoms with E-state index >= 15 is 0 Å². The minimum Gasteiger partial charge on any atom is -0.349 e. The molecule has 4 bridgehead atoms. The first kappa shape index (κ1) is 18.3. The van der Waals surface area contributed by atoms with Crippen LogP contribution in [0.15, 0.2) is 30.3 Å². The molecule has 152 valence electrons. The van der Waals surface area contributed by atoms with E-state index in [-0.39, 0.29) is 18.0 Å². The molecule has 0 spiro atoms. The van der Waals surface area contributed by atoms with Gasteiger partial charge in [0.15, 0.2) is 0 Å². The van der Waals surface area contributed by atoms with E-state index < -0.39 is 24.4 Å². The molecule has 1 aliphatic heterocycles. The van der Waals surface area contributed by atoms with E-state index in [4.69, 9.17) is 0 Å². The van der Waals surface area contributed by atoms with Gasteiger partial charge in [0.2, 0.25) is 5.91 Å². The average Bonchev–Trinajstić information content (AvgIpc) is 2.85. The van der Waals surface area contributed by atoms with Gasteiger partial charge in [0.1, 0.15) is 6.54 Å². The Labute approximate surface area is 169 Å². The number of hydrogen-bond acceptors (Lipinski definition) is 4. The Balaban J connectivity index is 1.25. The van der Waals surface area contributed by atoms with Crippen molar-refractivity contribution in [1.82, 2.24) is 15.1 Å². The quantitative estimate of drug-likeness (QED) is 0.611. The molecule has 7 heteroatoms. The summed E-state index contributed by atoms with van der Waals surface area (Å²) < 4.78 is 0. The Morgan fingerprint density at radius 1 is 0.897 bits per heavy atom. The number of nitrogens with one attached hydrogen (secondary N) is 1. The zero-order valence-corrected chi connectivity index (χ0v) is 16.3. The van der Waals surface area contributed by atoms with Gasteiger partial charge in [-0.3, -0.25) is 19.3 Å². The molecule has 1 aromatic carbocycles. The Bertz CT molecular complexity index is 846. The van der Waals surface area contributed by atoms with Crippen LogP contribution >= 0.6 is 0 Å². The molecule has 0 aromatic heterocycles. The number of benzene rings is 1. The monoisotopic (exact) mass is 395 g/mol. The molecule has 4 aliphatic carbocycles. The van der Waals surface area contributed by atoms with E-state index in [0.717, 1.165) is 34.6 Å². The molecule has 1 aromatic rings. The highest BCUT2D eigenvalue weighted by atomic mass is 16.2. The Morgan fingerprint density at radius 3 is 2.03 bits per heavy atom. The first-order valence-corrected chi connectivity index (χ1v) is 10.4. The van der Waals surface area contributed by atoms with Crippen LogP contribution in [0.2, 0.25) is 0 Å². The van der Waals surface area contributed by atoms with E-state index in [9.17, 15) is 19.2 Å². The smallest absolute Gasteiger partial charge is 0.335 e. The van der Waals surface area contributed by atoms with E-state index in [0.29, 0.717) is 17.8 Å². The van der Waals surface area contributed by atoms with Crippen LogP contribution in [0, 0.1) is 17.8 Å². The lowest BCUT2D eigenvalue weighted by atomic mass is 9.53. The van der Waals surface area contributed by atoms with Crippen LogP contribution in [-0.4, -0.2) is 45.6 Å². The van der Waals surface area contributed by atoms with E-state index in [1.165, 1.54) is 19.3 Å². The van der Waals surface area contributed by atoms with Crippen molar-refractivity contribution in [3.8, 4) is 0 Å². The molecule has 7 nitrogen and oxygen atoms in total. The van der Waals surface area contributed by atoms with Gasteiger partial charge in [-0.05, 0) is 61.8 Å². The van der Waals surface area contributed by atoms with Crippen LogP contribution in [0.25, 0.3) is 0 Å². The van der Waals surface area contributed by atoms with Crippen LogP contribution in [0.5, 0.6) is 0 Å². The predicted molar refractivity (Wildman–Crippen MR) is 103 cm³/mol. The maximum Gasteiger partial charge on any atom is 0.335 e. The zero-order valence-electron chi connectivity index (χ0n) is 16.3. The van der Waals surface area contributed by atoms with Crippen LogP contribution in [0.1, 0.15) is 44.1 Å². The fraction of sp³-hybridized carbons (Fsp3) is 0.545. The Morgan fingerprint density at radius 2 is 1.45 bits per heavy atom. The number of imide groups is 2. The molecule has 0 atom stereocenters. The average molecular weight is 395 g/mol. The molecule has 29 heavy (non-hydrogen) atoms. The number of nitrogens with zero attached hydrogens (tertiary/aromatic N) is 2. The summed E-state index contributed by atoms with van der Waals surface area (Å²) in [7, 11) is 0. The van der Waals surface area contributed by atoms with Crippen molar-refractivity contribution in [2.24, 2.45) is 17.8 Å². The summed E-state index contributed by atoms with van der Waals surface area (Å²) in [6, 6.07) is 8.30. The third-order valence-corrected chi connectivity index (χ3v) is 7.06. The van der Waals surface area contributed by atoms with E-state index in [2.05, 4.69) is 5.32 Å². The summed E-state index contributed by atoms with van der Waals surface area (Å²) in [6.45, 7) is -0.367. The van der Waals surface area contributed by atoms with Gasteiger partial charge in [-0.2, -0.15) is 0 Å². The van der Waals surface area contributed by atoms with Crippen molar-refractivity contribution < 1.29 is 19.2 Å². The van der Waals surface area contributed by atoms with Gasteiger partial charge < -0.3 is 5.32 Å². The molecule has 4 saturated carbocycles. The molecule has 0 radical (unpaired) electrons. The summed E-state index contributed by atoms with van der Waals surface area (Å²) in [5, 5.41) is 3.16. The van der Waals surface area contributed by atoms with Crippen LogP contribution in [-0.2, 0) is 20.9 Å². The van der Waals surface area contributed by atoms with Gasteiger partial charge in [0.05, 0.1) is 6.54 Å². The highest BCUT2D eigenvalue weighted by Crippen LogP contribution is 2.55. The minimum atomic E-state index is -0.924. The normalized spacial score (nSPS) is 33.0. The summed E-state index contributed by atoms with van der Waals surface area (Å²) in [5.74, 6) is -0.102. The fourth-order valence-electron chi connectivity index (χ4n) is 6.34. The second kappa shape index (κ2) is 6.68. The Hall–Kier alpha value is -2.70.